The third kappa shape index (κ3) is 5.13. The molecule has 138 valence electrons. The minimum atomic E-state index is -0.625. The van der Waals surface area contributed by atoms with Crippen LogP contribution in [0.1, 0.15) is 28.9 Å². The van der Waals surface area contributed by atoms with Crippen LogP contribution in [0.25, 0.3) is 0 Å². The van der Waals surface area contributed by atoms with Crippen LogP contribution in [-0.4, -0.2) is 32.7 Å². The molecule has 7 heteroatoms. The van der Waals surface area contributed by atoms with E-state index in [2.05, 4.69) is 5.32 Å². The summed E-state index contributed by atoms with van der Waals surface area (Å²) in [6.45, 7) is 1.45. The van der Waals surface area contributed by atoms with Crippen molar-refractivity contribution in [2.24, 2.45) is 0 Å². The van der Waals surface area contributed by atoms with Gasteiger partial charge in [0.15, 0.2) is 18.1 Å². The fraction of sp³-hybridized carbons (Fsp3) is 0.263. The SMILES string of the molecule is COc1ccc(C(=O)OCC(=O)N[C@H](C)c2ccc(Cl)cc2)cc1OC. The molecular weight excluding hydrogens is 358 g/mol. The number of halogens is 1. The molecule has 0 saturated heterocycles. The predicted molar refractivity (Wildman–Crippen MR) is 97.8 cm³/mol. The Morgan fingerprint density at radius 1 is 1.04 bits per heavy atom. The molecule has 0 heterocycles. The van der Waals surface area contributed by atoms with Crippen molar-refractivity contribution < 1.29 is 23.8 Å². The molecule has 6 nitrogen and oxygen atoms in total. The van der Waals surface area contributed by atoms with E-state index in [1.807, 2.05) is 19.1 Å². The Hall–Kier alpha value is -2.73. The van der Waals surface area contributed by atoms with Gasteiger partial charge in [-0.15, -0.1) is 0 Å². The standard InChI is InChI=1S/C19H20ClNO5/c1-12(13-4-7-15(20)8-5-13)21-18(22)11-26-19(23)14-6-9-16(24-2)17(10-14)25-3/h4-10,12H,11H2,1-3H3,(H,21,22)/t12-/m1/s1. The summed E-state index contributed by atoms with van der Waals surface area (Å²) in [5.41, 5.74) is 1.16. The Labute approximate surface area is 157 Å². The normalized spacial score (nSPS) is 11.4. The van der Waals surface area contributed by atoms with E-state index < -0.39 is 11.9 Å². The van der Waals surface area contributed by atoms with Gasteiger partial charge in [0.1, 0.15) is 0 Å². The van der Waals surface area contributed by atoms with Crippen molar-refractivity contribution in [3.63, 3.8) is 0 Å². The topological polar surface area (TPSA) is 73.9 Å². The van der Waals surface area contributed by atoms with Crippen molar-refractivity contribution in [1.82, 2.24) is 5.32 Å². The van der Waals surface area contributed by atoms with Crippen molar-refractivity contribution in [1.29, 1.82) is 0 Å². The molecule has 0 bridgehead atoms. The van der Waals surface area contributed by atoms with Gasteiger partial charge in [-0.2, -0.15) is 0 Å². The van der Waals surface area contributed by atoms with Gasteiger partial charge in [-0.3, -0.25) is 4.79 Å². The van der Waals surface area contributed by atoms with Crippen LogP contribution in [0.5, 0.6) is 11.5 Å². The van der Waals surface area contributed by atoms with Crippen LogP contribution in [0.3, 0.4) is 0 Å². The number of carbonyl (C=O) groups is 2. The van der Waals surface area contributed by atoms with Crippen LogP contribution in [0.2, 0.25) is 5.02 Å². The first-order valence-corrected chi connectivity index (χ1v) is 8.26. The summed E-state index contributed by atoms with van der Waals surface area (Å²) < 4.78 is 15.3. The molecule has 2 aromatic rings. The highest BCUT2D eigenvalue weighted by molar-refractivity contribution is 6.30. The van der Waals surface area contributed by atoms with Crippen molar-refractivity contribution >= 4 is 23.5 Å². The Kier molecular flexibility index (Phi) is 6.86. The zero-order valence-corrected chi connectivity index (χ0v) is 15.5. The van der Waals surface area contributed by atoms with E-state index in [1.54, 1.807) is 18.2 Å². The maximum absolute atomic E-state index is 12.1. The highest BCUT2D eigenvalue weighted by atomic mass is 35.5. The zero-order valence-electron chi connectivity index (χ0n) is 14.7. The second-order valence-electron chi connectivity index (χ2n) is 5.49. The van der Waals surface area contributed by atoms with E-state index in [-0.39, 0.29) is 18.2 Å². The van der Waals surface area contributed by atoms with Gasteiger partial charge in [-0.25, -0.2) is 4.79 Å². The van der Waals surface area contributed by atoms with Crippen molar-refractivity contribution in [3.05, 3.63) is 58.6 Å². The smallest absolute Gasteiger partial charge is 0.338 e. The van der Waals surface area contributed by atoms with Crippen LogP contribution in [0.15, 0.2) is 42.5 Å². The van der Waals surface area contributed by atoms with Gasteiger partial charge in [-0.05, 0) is 42.8 Å². The minimum absolute atomic E-state index is 0.237. The molecule has 0 aliphatic heterocycles. The third-order valence-corrected chi connectivity index (χ3v) is 3.95. The van der Waals surface area contributed by atoms with Gasteiger partial charge in [0.25, 0.3) is 5.91 Å². The summed E-state index contributed by atoms with van der Waals surface area (Å²) in [5, 5.41) is 3.38. The van der Waals surface area contributed by atoms with Gasteiger partial charge < -0.3 is 19.5 Å². The van der Waals surface area contributed by atoms with E-state index >= 15 is 0 Å². The highest BCUT2D eigenvalue weighted by Crippen LogP contribution is 2.27. The third-order valence-electron chi connectivity index (χ3n) is 3.70. The molecule has 2 aromatic carbocycles. The van der Waals surface area contributed by atoms with E-state index in [0.29, 0.717) is 16.5 Å². The molecule has 26 heavy (non-hydrogen) atoms. The van der Waals surface area contributed by atoms with Crippen molar-refractivity contribution in [3.8, 4) is 11.5 Å². The lowest BCUT2D eigenvalue weighted by Crippen LogP contribution is -2.31. The molecule has 1 atom stereocenters. The molecule has 0 aliphatic carbocycles. The second kappa shape index (κ2) is 9.10. The molecule has 0 unspecified atom stereocenters. The molecule has 0 aromatic heterocycles. The quantitative estimate of drug-likeness (QED) is 0.748. The van der Waals surface area contributed by atoms with E-state index in [0.717, 1.165) is 5.56 Å². The number of benzene rings is 2. The van der Waals surface area contributed by atoms with Crippen LogP contribution in [0, 0.1) is 0 Å². The first-order chi connectivity index (χ1) is 12.4. The van der Waals surface area contributed by atoms with Gasteiger partial charge in [-0.1, -0.05) is 23.7 Å². The summed E-state index contributed by atoms with van der Waals surface area (Å²) >= 11 is 5.84. The van der Waals surface area contributed by atoms with Crippen LogP contribution >= 0.6 is 11.6 Å². The summed E-state index contributed by atoms with van der Waals surface area (Å²) in [6, 6.07) is 11.5. The van der Waals surface area contributed by atoms with E-state index in [1.165, 1.54) is 26.4 Å². The molecule has 0 spiro atoms. The van der Waals surface area contributed by atoms with Gasteiger partial charge in [0.2, 0.25) is 0 Å². The molecular formula is C19H20ClNO5. The predicted octanol–water partition coefficient (Wildman–Crippen LogP) is 3.39. The fourth-order valence-electron chi connectivity index (χ4n) is 2.30. The number of hydrogen-bond donors (Lipinski definition) is 1. The Morgan fingerprint density at radius 2 is 1.69 bits per heavy atom. The largest absolute Gasteiger partial charge is 0.493 e. The number of hydrogen-bond acceptors (Lipinski definition) is 5. The lowest BCUT2D eigenvalue weighted by molar-refractivity contribution is -0.124. The number of methoxy groups -OCH3 is 2. The van der Waals surface area contributed by atoms with Crippen LogP contribution in [0.4, 0.5) is 0 Å². The van der Waals surface area contributed by atoms with E-state index in [9.17, 15) is 9.59 Å². The van der Waals surface area contributed by atoms with Gasteiger partial charge in [0, 0.05) is 5.02 Å². The lowest BCUT2D eigenvalue weighted by Gasteiger charge is -2.14. The average Bonchev–Trinajstić information content (AvgIpc) is 2.65. The van der Waals surface area contributed by atoms with Crippen molar-refractivity contribution in [2.45, 2.75) is 13.0 Å². The van der Waals surface area contributed by atoms with Gasteiger partial charge in [0.05, 0.1) is 25.8 Å². The Balaban J connectivity index is 1.90. The summed E-state index contributed by atoms with van der Waals surface area (Å²) in [5.74, 6) is -0.122. The molecule has 0 fully saturated rings. The number of nitrogens with one attached hydrogen (secondary N) is 1. The molecule has 0 aliphatic rings. The molecule has 1 N–H and O–H groups in total. The summed E-state index contributed by atoms with van der Waals surface area (Å²) in [7, 11) is 2.97. The maximum Gasteiger partial charge on any atom is 0.338 e. The Bertz CT molecular complexity index is 776. The number of esters is 1. The monoisotopic (exact) mass is 377 g/mol. The number of ether oxygens (including phenoxy) is 3. The fourth-order valence-corrected chi connectivity index (χ4v) is 2.42. The Morgan fingerprint density at radius 3 is 2.31 bits per heavy atom. The first-order valence-electron chi connectivity index (χ1n) is 7.88. The zero-order chi connectivity index (χ0) is 19.1. The van der Waals surface area contributed by atoms with Crippen molar-refractivity contribution in [2.75, 3.05) is 20.8 Å². The lowest BCUT2D eigenvalue weighted by atomic mass is 10.1. The number of rotatable bonds is 7. The highest BCUT2D eigenvalue weighted by Gasteiger charge is 2.15. The van der Waals surface area contributed by atoms with Crippen LogP contribution in [-0.2, 0) is 9.53 Å². The maximum atomic E-state index is 12.1. The summed E-state index contributed by atoms with van der Waals surface area (Å²) in [6.07, 6.45) is 0. The first kappa shape index (κ1) is 19.6. The number of carbonyl (C=O) groups excluding carboxylic acids is 2. The molecule has 1 amide bonds. The molecule has 2 rings (SSSR count). The summed E-state index contributed by atoms with van der Waals surface area (Å²) in [4.78, 5) is 24.1. The molecule has 0 saturated carbocycles. The average molecular weight is 378 g/mol. The van der Waals surface area contributed by atoms with Crippen LogP contribution < -0.4 is 14.8 Å². The van der Waals surface area contributed by atoms with E-state index in [4.69, 9.17) is 25.8 Å². The molecule has 0 radical (unpaired) electrons. The minimum Gasteiger partial charge on any atom is -0.493 e. The van der Waals surface area contributed by atoms with Gasteiger partial charge >= 0.3 is 5.97 Å². The second-order valence-corrected chi connectivity index (χ2v) is 5.92. The number of amides is 1.